The van der Waals surface area contributed by atoms with Gasteiger partial charge in [0.25, 0.3) is 0 Å². The molecule has 0 aromatic carbocycles. The van der Waals surface area contributed by atoms with E-state index in [0.717, 1.165) is 0 Å². The molecule has 0 aliphatic rings. The Labute approximate surface area is 85.8 Å². The van der Waals surface area contributed by atoms with Crippen LogP contribution in [0.1, 0.15) is 0 Å². The maximum absolute atomic E-state index is 9.90. The van der Waals surface area contributed by atoms with Gasteiger partial charge in [-0.1, -0.05) is 0 Å². The molecule has 0 aromatic heterocycles. The standard InChI is InChI=1S/C6H12O6.GeH4/c7-1-3(9)5(11)6(12)4(10)2-8;/h1,3-6,8-12H,2H2;1H4. The van der Waals surface area contributed by atoms with E-state index in [9.17, 15) is 4.79 Å². The van der Waals surface area contributed by atoms with Gasteiger partial charge in [-0.05, 0) is 0 Å². The number of carbonyl (C=O) groups is 1. The minimum atomic E-state index is -1.79. The van der Waals surface area contributed by atoms with Crippen LogP contribution in [-0.4, -0.2) is 80.4 Å². The van der Waals surface area contributed by atoms with Crippen LogP contribution >= 0.6 is 0 Å². The van der Waals surface area contributed by atoms with E-state index in [2.05, 4.69) is 0 Å². The summed E-state index contributed by atoms with van der Waals surface area (Å²) in [5.74, 6) is 0. The van der Waals surface area contributed by atoms with Crippen molar-refractivity contribution in [2.75, 3.05) is 6.61 Å². The Morgan fingerprint density at radius 3 is 1.85 bits per heavy atom. The van der Waals surface area contributed by atoms with Crippen LogP contribution in [0, 0.1) is 0 Å². The molecule has 0 fully saturated rings. The Bertz CT molecular complexity index is 143. The minimum absolute atomic E-state index is 0. The second kappa shape index (κ2) is 7.42. The number of hydrogen-bond acceptors (Lipinski definition) is 6. The van der Waals surface area contributed by atoms with E-state index in [4.69, 9.17) is 25.5 Å². The molecule has 5 N–H and O–H groups in total. The molecule has 0 rings (SSSR count). The number of aliphatic hydroxyl groups is 5. The van der Waals surface area contributed by atoms with Gasteiger partial charge in [0.15, 0.2) is 6.29 Å². The quantitative estimate of drug-likeness (QED) is 0.249. The fraction of sp³-hybridized carbons (Fsp3) is 0.833. The van der Waals surface area contributed by atoms with Crippen LogP contribution in [0.5, 0.6) is 0 Å². The third-order valence-corrected chi connectivity index (χ3v) is 1.42. The molecule has 4 atom stereocenters. The molecule has 0 spiro atoms. The third kappa shape index (κ3) is 4.70. The normalized spacial score (nSPS) is 19.5. The van der Waals surface area contributed by atoms with Gasteiger partial charge >= 0.3 is 17.6 Å². The monoisotopic (exact) mass is 258 g/mol. The first-order chi connectivity index (χ1) is 5.54. The second-order valence-electron chi connectivity index (χ2n) is 2.36. The Hall–Kier alpha value is 0.0129. The first-order valence-corrected chi connectivity index (χ1v) is 3.33. The molecular weight excluding hydrogens is 241 g/mol. The molecule has 0 saturated carbocycles. The van der Waals surface area contributed by atoms with Crippen molar-refractivity contribution in [3.63, 3.8) is 0 Å². The molecule has 0 radical (unpaired) electrons. The van der Waals surface area contributed by atoms with E-state index in [0.29, 0.717) is 0 Å². The number of aldehydes is 1. The fourth-order valence-corrected chi connectivity index (χ4v) is 0.618. The van der Waals surface area contributed by atoms with Crippen LogP contribution in [-0.2, 0) is 4.79 Å². The summed E-state index contributed by atoms with van der Waals surface area (Å²) in [7, 11) is 0. The topological polar surface area (TPSA) is 118 Å². The van der Waals surface area contributed by atoms with Gasteiger partial charge in [-0.15, -0.1) is 0 Å². The summed E-state index contributed by atoms with van der Waals surface area (Å²) >= 11 is 0. The zero-order valence-electron chi connectivity index (χ0n) is 6.24. The van der Waals surface area contributed by atoms with Crippen molar-refractivity contribution in [2.24, 2.45) is 0 Å². The van der Waals surface area contributed by atoms with Gasteiger partial charge in [0.1, 0.15) is 24.4 Å². The van der Waals surface area contributed by atoms with E-state index in [1.54, 1.807) is 0 Å². The Balaban J connectivity index is 0. The van der Waals surface area contributed by atoms with E-state index in [1.807, 2.05) is 0 Å². The molecule has 0 heterocycles. The fourth-order valence-electron chi connectivity index (χ4n) is 0.618. The summed E-state index contributed by atoms with van der Waals surface area (Å²) in [4.78, 5) is 9.90. The molecule has 0 aliphatic heterocycles. The van der Waals surface area contributed by atoms with Gasteiger partial charge in [0.2, 0.25) is 0 Å². The van der Waals surface area contributed by atoms with Gasteiger partial charge in [-0.3, -0.25) is 0 Å². The molecule has 13 heavy (non-hydrogen) atoms. The van der Waals surface area contributed by atoms with E-state index >= 15 is 0 Å². The molecule has 80 valence electrons. The predicted molar refractivity (Wildman–Crippen MR) is 48.5 cm³/mol. The van der Waals surface area contributed by atoms with Crippen molar-refractivity contribution in [3.8, 4) is 0 Å². The Kier molecular flexibility index (Phi) is 8.84. The molecule has 0 amide bonds. The van der Waals surface area contributed by atoms with Crippen LogP contribution in [0.4, 0.5) is 0 Å². The SMILES string of the molecule is O=CC(O)C(O)C(O)C(O)CO.[GeH4]. The van der Waals surface area contributed by atoms with Crippen molar-refractivity contribution in [1.29, 1.82) is 0 Å². The zero-order valence-corrected chi connectivity index (χ0v) is 6.24. The summed E-state index contributed by atoms with van der Waals surface area (Å²) in [6.07, 6.45) is -6.84. The van der Waals surface area contributed by atoms with Crippen molar-refractivity contribution in [3.05, 3.63) is 0 Å². The summed E-state index contributed by atoms with van der Waals surface area (Å²) in [6.45, 7) is -0.760. The van der Waals surface area contributed by atoms with Gasteiger partial charge < -0.3 is 30.3 Å². The first-order valence-electron chi connectivity index (χ1n) is 3.33. The number of carbonyl (C=O) groups excluding carboxylic acids is 1. The second-order valence-corrected chi connectivity index (χ2v) is 2.36. The summed E-state index contributed by atoms with van der Waals surface area (Å²) in [6, 6.07) is 0. The molecule has 0 bridgehead atoms. The number of hydrogen-bond donors (Lipinski definition) is 5. The van der Waals surface area contributed by atoms with Crippen LogP contribution < -0.4 is 0 Å². The van der Waals surface area contributed by atoms with E-state index in [1.165, 1.54) is 0 Å². The van der Waals surface area contributed by atoms with Crippen molar-refractivity contribution in [1.82, 2.24) is 0 Å². The molecule has 0 saturated heterocycles. The van der Waals surface area contributed by atoms with Crippen molar-refractivity contribution in [2.45, 2.75) is 24.4 Å². The Morgan fingerprint density at radius 1 is 1.08 bits per heavy atom. The molecule has 4 unspecified atom stereocenters. The average Bonchev–Trinajstić information content (AvgIpc) is 2.12. The zero-order chi connectivity index (χ0) is 9.72. The van der Waals surface area contributed by atoms with E-state index in [-0.39, 0.29) is 23.9 Å². The van der Waals surface area contributed by atoms with Crippen LogP contribution in [0.25, 0.3) is 0 Å². The molecule has 0 aliphatic carbocycles. The molecule has 0 aromatic rings. The van der Waals surface area contributed by atoms with E-state index < -0.39 is 31.0 Å². The van der Waals surface area contributed by atoms with Gasteiger partial charge in [-0.25, -0.2) is 0 Å². The van der Waals surface area contributed by atoms with Crippen molar-refractivity contribution < 1.29 is 30.3 Å². The Morgan fingerprint density at radius 2 is 1.54 bits per heavy atom. The molecule has 7 heteroatoms. The van der Waals surface area contributed by atoms with Gasteiger partial charge in [-0.2, -0.15) is 0 Å². The predicted octanol–water partition coefficient (Wildman–Crippen LogP) is -4.83. The van der Waals surface area contributed by atoms with Crippen LogP contribution in [0.3, 0.4) is 0 Å². The van der Waals surface area contributed by atoms with Gasteiger partial charge in [0, 0.05) is 0 Å². The summed E-state index contributed by atoms with van der Waals surface area (Å²) < 4.78 is 0. The summed E-state index contributed by atoms with van der Waals surface area (Å²) in [5, 5.41) is 43.5. The van der Waals surface area contributed by atoms with Gasteiger partial charge in [0.05, 0.1) is 6.61 Å². The van der Waals surface area contributed by atoms with Crippen LogP contribution in [0.2, 0.25) is 0 Å². The van der Waals surface area contributed by atoms with Crippen molar-refractivity contribution >= 4 is 23.9 Å². The number of aliphatic hydroxyl groups excluding tert-OH is 5. The first kappa shape index (κ1) is 15.5. The van der Waals surface area contributed by atoms with Crippen LogP contribution in [0.15, 0.2) is 0 Å². The third-order valence-electron chi connectivity index (χ3n) is 1.42. The molecule has 6 nitrogen and oxygen atoms in total. The summed E-state index contributed by atoms with van der Waals surface area (Å²) in [5.41, 5.74) is 0. The maximum atomic E-state index is 9.90. The average molecular weight is 257 g/mol. The number of rotatable bonds is 5. The molecular formula is C6H16GeO6.